The van der Waals surface area contributed by atoms with Crippen molar-refractivity contribution in [3.8, 4) is 0 Å². The molecular weight excluding hydrogens is 245 g/mol. The first-order valence-electron chi connectivity index (χ1n) is 4.93. The Labute approximate surface area is 91.8 Å². The van der Waals surface area contributed by atoms with E-state index in [1.807, 2.05) is 12.1 Å². The third-order valence-corrected chi connectivity index (χ3v) is 3.24. The average molecular weight is 258 g/mol. The summed E-state index contributed by atoms with van der Waals surface area (Å²) in [6.45, 7) is 1.12. The molecule has 0 aliphatic carbocycles. The van der Waals surface area contributed by atoms with Gasteiger partial charge in [0.15, 0.2) is 0 Å². The van der Waals surface area contributed by atoms with Crippen LogP contribution in [-0.4, -0.2) is 12.6 Å². The lowest BCUT2D eigenvalue weighted by Crippen LogP contribution is -2.23. The molecule has 0 amide bonds. The van der Waals surface area contributed by atoms with Crippen LogP contribution >= 0.6 is 15.9 Å². The van der Waals surface area contributed by atoms with Gasteiger partial charge in [0.05, 0.1) is 4.47 Å². The normalized spacial score (nSPS) is 21.4. The van der Waals surface area contributed by atoms with Crippen molar-refractivity contribution in [3.63, 3.8) is 0 Å². The Morgan fingerprint density at radius 1 is 1.50 bits per heavy atom. The third-order valence-electron chi connectivity index (χ3n) is 2.63. The summed E-state index contributed by atoms with van der Waals surface area (Å²) in [4.78, 5) is 0. The van der Waals surface area contributed by atoms with E-state index >= 15 is 0 Å². The number of hydrogen-bond acceptors (Lipinski definition) is 1. The molecular formula is C11H13BrFN. The first kappa shape index (κ1) is 10.1. The molecule has 1 aromatic rings. The van der Waals surface area contributed by atoms with Crippen LogP contribution in [0.2, 0.25) is 0 Å². The minimum Gasteiger partial charge on any atom is -0.314 e. The second-order valence-corrected chi connectivity index (χ2v) is 4.60. The van der Waals surface area contributed by atoms with Gasteiger partial charge in [0.2, 0.25) is 0 Å². The van der Waals surface area contributed by atoms with Crippen molar-refractivity contribution >= 4 is 15.9 Å². The summed E-state index contributed by atoms with van der Waals surface area (Å²) >= 11 is 3.20. The Balaban J connectivity index is 2.05. The molecule has 1 aliphatic rings. The monoisotopic (exact) mass is 257 g/mol. The molecule has 2 rings (SSSR count). The zero-order valence-electron chi connectivity index (χ0n) is 7.89. The van der Waals surface area contributed by atoms with Crippen molar-refractivity contribution in [2.24, 2.45) is 0 Å². The molecule has 0 aromatic heterocycles. The predicted octanol–water partition coefficient (Wildman–Crippen LogP) is 2.88. The first-order chi connectivity index (χ1) is 6.75. The number of halogens is 2. The summed E-state index contributed by atoms with van der Waals surface area (Å²) in [5.74, 6) is -0.187. The number of benzene rings is 1. The van der Waals surface area contributed by atoms with Crippen molar-refractivity contribution in [1.82, 2.24) is 5.32 Å². The van der Waals surface area contributed by atoms with Crippen LogP contribution in [0, 0.1) is 5.82 Å². The number of nitrogens with one attached hydrogen (secondary N) is 1. The summed E-state index contributed by atoms with van der Waals surface area (Å²) in [7, 11) is 0. The molecule has 3 heteroatoms. The molecule has 1 fully saturated rings. The largest absolute Gasteiger partial charge is 0.314 e. The van der Waals surface area contributed by atoms with Crippen LogP contribution in [0.3, 0.4) is 0 Å². The Morgan fingerprint density at radius 2 is 2.36 bits per heavy atom. The van der Waals surface area contributed by atoms with Gasteiger partial charge in [-0.05, 0) is 59.4 Å². The molecule has 1 heterocycles. The lowest BCUT2D eigenvalue weighted by Gasteiger charge is -2.10. The summed E-state index contributed by atoms with van der Waals surface area (Å²) in [6, 6.07) is 5.83. The van der Waals surface area contributed by atoms with Crippen LogP contribution in [-0.2, 0) is 6.42 Å². The third kappa shape index (κ3) is 2.34. The fraction of sp³-hybridized carbons (Fsp3) is 0.455. The standard InChI is InChI=1S/C11H13BrFN/c12-10-7-8(3-4-11(10)13)6-9-2-1-5-14-9/h3-4,7,9,14H,1-2,5-6H2. The second-order valence-electron chi connectivity index (χ2n) is 3.75. The predicted molar refractivity (Wildman–Crippen MR) is 58.8 cm³/mol. The fourth-order valence-corrected chi connectivity index (χ4v) is 2.31. The fourth-order valence-electron chi connectivity index (χ4n) is 1.88. The molecule has 76 valence electrons. The van der Waals surface area contributed by atoms with Gasteiger partial charge in [-0.15, -0.1) is 0 Å². The van der Waals surface area contributed by atoms with E-state index in [0.29, 0.717) is 10.5 Å². The Hall–Kier alpha value is -0.410. The maximum absolute atomic E-state index is 12.9. The highest BCUT2D eigenvalue weighted by Gasteiger charge is 2.14. The van der Waals surface area contributed by atoms with E-state index in [1.165, 1.54) is 24.5 Å². The Morgan fingerprint density at radius 3 is 3.00 bits per heavy atom. The van der Waals surface area contributed by atoms with Crippen molar-refractivity contribution in [2.45, 2.75) is 25.3 Å². The van der Waals surface area contributed by atoms with Gasteiger partial charge in [-0.1, -0.05) is 6.07 Å². The van der Waals surface area contributed by atoms with E-state index in [4.69, 9.17) is 0 Å². The van der Waals surface area contributed by atoms with Crippen LogP contribution in [0.1, 0.15) is 18.4 Å². The van der Waals surface area contributed by atoms with E-state index in [-0.39, 0.29) is 5.82 Å². The topological polar surface area (TPSA) is 12.0 Å². The summed E-state index contributed by atoms with van der Waals surface area (Å²) in [6.07, 6.45) is 3.49. The Kier molecular flexibility index (Phi) is 3.19. The van der Waals surface area contributed by atoms with Gasteiger partial charge >= 0.3 is 0 Å². The molecule has 14 heavy (non-hydrogen) atoms. The molecule has 0 bridgehead atoms. The highest BCUT2D eigenvalue weighted by Crippen LogP contribution is 2.19. The zero-order valence-corrected chi connectivity index (χ0v) is 9.48. The summed E-state index contributed by atoms with van der Waals surface area (Å²) < 4.78 is 13.5. The van der Waals surface area contributed by atoms with Gasteiger partial charge in [0.1, 0.15) is 5.82 Å². The van der Waals surface area contributed by atoms with Gasteiger partial charge < -0.3 is 5.32 Å². The van der Waals surface area contributed by atoms with Gasteiger partial charge in [0.25, 0.3) is 0 Å². The molecule has 0 spiro atoms. The molecule has 1 saturated heterocycles. The van der Waals surface area contributed by atoms with E-state index in [1.54, 1.807) is 0 Å². The van der Waals surface area contributed by atoms with Crippen LogP contribution in [0.25, 0.3) is 0 Å². The van der Waals surface area contributed by atoms with E-state index in [2.05, 4.69) is 21.2 Å². The van der Waals surface area contributed by atoms with Crippen LogP contribution < -0.4 is 5.32 Å². The smallest absolute Gasteiger partial charge is 0.137 e. The summed E-state index contributed by atoms with van der Waals surface area (Å²) in [5.41, 5.74) is 1.19. The van der Waals surface area contributed by atoms with E-state index < -0.39 is 0 Å². The van der Waals surface area contributed by atoms with Crippen LogP contribution in [0.15, 0.2) is 22.7 Å². The van der Waals surface area contributed by atoms with Gasteiger partial charge in [0, 0.05) is 6.04 Å². The maximum atomic E-state index is 12.9. The summed E-state index contributed by atoms with van der Waals surface area (Å²) in [5, 5.41) is 3.43. The second kappa shape index (κ2) is 4.41. The van der Waals surface area contributed by atoms with Gasteiger partial charge in [-0.2, -0.15) is 0 Å². The van der Waals surface area contributed by atoms with Crippen molar-refractivity contribution in [1.29, 1.82) is 0 Å². The quantitative estimate of drug-likeness (QED) is 0.860. The van der Waals surface area contributed by atoms with Gasteiger partial charge in [-0.25, -0.2) is 4.39 Å². The number of rotatable bonds is 2. The van der Waals surface area contributed by atoms with E-state index in [9.17, 15) is 4.39 Å². The molecule has 1 unspecified atom stereocenters. The average Bonchev–Trinajstić information content (AvgIpc) is 2.64. The molecule has 1 aromatic carbocycles. The zero-order chi connectivity index (χ0) is 9.97. The van der Waals surface area contributed by atoms with E-state index in [0.717, 1.165) is 13.0 Å². The lowest BCUT2D eigenvalue weighted by molar-refractivity contribution is 0.596. The molecule has 1 N–H and O–H groups in total. The number of hydrogen-bond donors (Lipinski definition) is 1. The lowest BCUT2D eigenvalue weighted by atomic mass is 10.0. The molecule has 1 aliphatic heterocycles. The molecule has 0 saturated carbocycles. The highest BCUT2D eigenvalue weighted by molar-refractivity contribution is 9.10. The molecule has 1 atom stereocenters. The van der Waals surface area contributed by atoms with Crippen LogP contribution in [0.5, 0.6) is 0 Å². The van der Waals surface area contributed by atoms with Crippen LogP contribution in [0.4, 0.5) is 4.39 Å². The maximum Gasteiger partial charge on any atom is 0.137 e. The van der Waals surface area contributed by atoms with Crippen molar-refractivity contribution in [2.75, 3.05) is 6.54 Å². The first-order valence-corrected chi connectivity index (χ1v) is 5.72. The minimum atomic E-state index is -0.187. The minimum absolute atomic E-state index is 0.187. The molecule has 1 nitrogen and oxygen atoms in total. The SMILES string of the molecule is Fc1ccc(CC2CCCN2)cc1Br. The van der Waals surface area contributed by atoms with Crippen molar-refractivity contribution in [3.05, 3.63) is 34.1 Å². The molecule has 0 radical (unpaired) electrons. The Bertz CT molecular complexity index is 321. The van der Waals surface area contributed by atoms with Crippen molar-refractivity contribution < 1.29 is 4.39 Å². The van der Waals surface area contributed by atoms with Gasteiger partial charge in [-0.3, -0.25) is 0 Å². The highest BCUT2D eigenvalue weighted by atomic mass is 79.9.